The van der Waals surface area contributed by atoms with E-state index in [1.54, 1.807) is 6.92 Å². The second kappa shape index (κ2) is 4.94. The van der Waals surface area contributed by atoms with Crippen LogP contribution in [-0.2, 0) is 9.59 Å². The van der Waals surface area contributed by atoms with Crippen LogP contribution in [0.25, 0.3) is 10.9 Å². The minimum Gasteiger partial charge on any atom is -0.508 e. The molecular weight excluding hydrogens is 286 g/mol. The Kier molecular flexibility index (Phi) is 3.20. The number of hydrogen-bond acceptors (Lipinski definition) is 6. The number of phenolic OH excluding ortho intramolecular Hbond substituents is 1. The van der Waals surface area contributed by atoms with Crippen molar-refractivity contribution < 1.29 is 14.7 Å². The summed E-state index contributed by atoms with van der Waals surface area (Å²) in [6, 6.07) is 1.95. The fraction of sp³-hybridized carbons (Fsp3) is 0.333. The van der Waals surface area contributed by atoms with Gasteiger partial charge in [-0.15, -0.1) is 0 Å². The maximum absolute atomic E-state index is 12.7. The largest absolute Gasteiger partial charge is 0.508 e. The number of benzene rings is 1. The number of aryl methyl sites for hydroxylation is 1. The zero-order chi connectivity index (χ0) is 16.0. The Morgan fingerprint density at radius 3 is 2.73 bits per heavy atom. The van der Waals surface area contributed by atoms with Crippen molar-refractivity contribution >= 4 is 28.2 Å². The molecule has 3 N–H and O–H groups in total. The predicted octanol–water partition coefficient (Wildman–Crippen LogP) is 0.856. The zero-order valence-corrected chi connectivity index (χ0v) is 12.0. The quantitative estimate of drug-likeness (QED) is 0.596. The van der Waals surface area contributed by atoms with E-state index < -0.39 is 11.6 Å². The molecule has 0 bridgehead atoms. The van der Waals surface area contributed by atoms with Crippen molar-refractivity contribution in [3.05, 3.63) is 28.3 Å². The molecule has 1 heterocycles. The van der Waals surface area contributed by atoms with Gasteiger partial charge in [-0.1, -0.05) is 0 Å². The summed E-state index contributed by atoms with van der Waals surface area (Å²) >= 11 is 0. The van der Waals surface area contributed by atoms with Crippen LogP contribution in [0.4, 0.5) is 5.69 Å². The van der Waals surface area contributed by atoms with Gasteiger partial charge in [0, 0.05) is 18.6 Å². The summed E-state index contributed by atoms with van der Waals surface area (Å²) in [6.45, 7) is 1.62. The summed E-state index contributed by atoms with van der Waals surface area (Å²) in [4.78, 5) is 40.5. The first kappa shape index (κ1) is 14.2. The highest BCUT2D eigenvalue weighted by atomic mass is 16.3. The van der Waals surface area contributed by atoms with Gasteiger partial charge in [0.05, 0.1) is 29.1 Å². The van der Waals surface area contributed by atoms with Crippen LogP contribution in [0.15, 0.2) is 16.9 Å². The van der Waals surface area contributed by atoms with Crippen molar-refractivity contribution in [3.63, 3.8) is 0 Å². The highest BCUT2D eigenvalue weighted by Gasteiger charge is 2.30. The van der Waals surface area contributed by atoms with Crippen LogP contribution in [0, 0.1) is 6.92 Å². The highest BCUT2D eigenvalue weighted by molar-refractivity contribution is 6.03. The Hall–Kier alpha value is -2.70. The van der Waals surface area contributed by atoms with Crippen molar-refractivity contribution in [2.75, 3.05) is 5.73 Å². The molecule has 0 amide bonds. The Balaban J connectivity index is 2.25. The van der Waals surface area contributed by atoms with Gasteiger partial charge in [0.1, 0.15) is 17.4 Å². The lowest BCUT2D eigenvalue weighted by atomic mass is 9.92. The van der Waals surface area contributed by atoms with Crippen LogP contribution in [0.5, 0.6) is 5.75 Å². The third kappa shape index (κ3) is 2.14. The molecule has 22 heavy (non-hydrogen) atoms. The number of Topliss-reactive ketones (excluding diaryl/α,β-unsaturated/α-hetero) is 2. The number of carbonyl (C=O) groups excluding carboxylic acids is 2. The lowest BCUT2D eigenvalue weighted by Crippen LogP contribution is -2.36. The summed E-state index contributed by atoms with van der Waals surface area (Å²) in [7, 11) is 0. The number of fused-ring (bicyclic) bond motifs is 1. The lowest BCUT2D eigenvalue weighted by molar-refractivity contribution is -0.132. The smallest absolute Gasteiger partial charge is 0.264 e. The molecule has 1 saturated carbocycles. The summed E-state index contributed by atoms with van der Waals surface area (Å²) in [6.07, 6.45) is 0.411. The molecule has 0 saturated heterocycles. The second-order valence-electron chi connectivity index (χ2n) is 5.50. The molecular formula is C15H15N3O4. The molecule has 1 aromatic heterocycles. The van der Waals surface area contributed by atoms with Crippen LogP contribution in [0.3, 0.4) is 0 Å². The number of nitrogen functional groups attached to an aromatic ring is 1. The van der Waals surface area contributed by atoms with Gasteiger partial charge in [-0.05, 0) is 13.3 Å². The Bertz CT molecular complexity index is 869. The fourth-order valence-corrected chi connectivity index (χ4v) is 2.95. The maximum Gasteiger partial charge on any atom is 0.264 e. The first-order valence-electron chi connectivity index (χ1n) is 6.94. The molecule has 0 radical (unpaired) electrons. The van der Waals surface area contributed by atoms with Crippen molar-refractivity contribution in [1.29, 1.82) is 0 Å². The van der Waals surface area contributed by atoms with Gasteiger partial charge in [-0.2, -0.15) is 0 Å². The van der Waals surface area contributed by atoms with Gasteiger partial charge in [0.2, 0.25) is 0 Å². The molecule has 114 valence electrons. The standard InChI is InChI=1S/C15H15N3O4/c1-7-17-11-5-9(20)4-10(16)14(11)15(22)18(7)12-3-2-8(19)6-13(12)21/h4-5,12,20H,2-3,6,16H2,1H3/t12-/m0/s1. The van der Waals surface area contributed by atoms with E-state index >= 15 is 0 Å². The molecule has 1 atom stereocenters. The second-order valence-corrected chi connectivity index (χ2v) is 5.50. The van der Waals surface area contributed by atoms with Crippen LogP contribution >= 0.6 is 0 Å². The number of hydrogen-bond donors (Lipinski definition) is 2. The topological polar surface area (TPSA) is 115 Å². The number of nitrogens with two attached hydrogens (primary N) is 1. The minimum atomic E-state index is -0.685. The summed E-state index contributed by atoms with van der Waals surface area (Å²) in [5, 5.41) is 9.74. The molecule has 2 aromatic rings. The summed E-state index contributed by atoms with van der Waals surface area (Å²) in [5.74, 6) is -0.103. The number of carbonyl (C=O) groups is 2. The molecule has 1 aromatic carbocycles. The molecule has 7 nitrogen and oxygen atoms in total. The predicted molar refractivity (Wildman–Crippen MR) is 79.7 cm³/mol. The minimum absolute atomic E-state index is 0.0756. The number of aromatic nitrogens is 2. The molecule has 1 aliphatic rings. The average Bonchev–Trinajstić information content (AvgIpc) is 2.39. The van der Waals surface area contributed by atoms with Crippen LogP contribution < -0.4 is 11.3 Å². The van der Waals surface area contributed by atoms with E-state index in [1.807, 2.05) is 0 Å². The van der Waals surface area contributed by atoms with Gasteiger partial charge < -0.3 is 10.8 Å². The molecule has 3 rings (SSSR count). The Morgan fingerprint density at radius 1 is 1.32 bits per heavy atom. The van der Waals surface area contributed by atoms with Gasteiger partial charge in [0.25, 0.3) is 5.56 Å². The lowest BCUT2D eigenvalue weighted by Gasteiger charge is -2.24. The number of nitrogens with zero attached hydrogens (tertiary/aromatic N) is 2. The van der Waals surface area contributed by atoms with E-state index in [4.69, 9.17) is 5.73 Å². The van der Waals surface area contributed by atoms with E-state index in [-0.39, 0.29) is 46.7 Å². The maximum atomic E-state index is 12.7. The third-order valence-electron chi connectivity index (χ3n) is 3.95. The third-order valence-corrected chi connectivity index (χ3v) is 3.95. The van der Waals surface area contributed by atoms with Crippen LogP contribution in [0.2, 0.25) is 0 Å². The van der Waals surface area contributed by atoms with Crippen LogP contribution in [0.1, 0.15) is 31.1 Å². The van der Waals surface area contributed by atoms with E-state index in [2.05, 4.69) is 4.98 Å². The monoisotopic (exact) mass is 301 g/mol. The SMILES string of the molecule is Cc1nc2cc(O)cc(N)c2c(=O)n1[C@H]1CCC(=O)CC1=O. The van der Waals surface area contributed by atoms with Gasteiger partial charge in [0.15, 0.2) is 5.78 Å². The molecule has 0 spiro atoms. The normalized spacial score (nSPS) is 18.9. The van der Waals surface area contributed by atoms with Crippen molar-refractivity contribution in [2.45, 2.75) is 32.2 Å². The first-order chi connectivity index (χ1) is 10.4. The van der Waals surface area contributed by atoms with Crippen molar-refractivity contribution in [1.82, 2.24) is 9.55 Å². The average molecular weight is 301 g/mol. The van der Waals surface area contributed by atoms with E-state index in [1.165, 1.54) is 16.7 Å². The van der Waals surface area contributed by atoms with E-state index in [0.717, 1.165) is 0 Å². The zero-order valence-electron chi connectivity index (χ0n) is 12.0. The van der Waals surface area contributed by atoms with Gasteiger partial charge >= 0.3 is 0 Å². The fourth-order valence-electron chi connectivity index (χ4n) is 2.95. The molecule has 0 unspecified atom stereocenters. The van der Waals surface area contributed by atoms with Gasteiger partial charge in [-0.3, -0.25) is 19.0 Å². The molecule has 1 aliphatic carbocycles. The first-order valence-corrected chi connectivity index (χ1v) is 6.94. The van der Waals surface area contributed by atoms with E-state index in [9.17, 15) is 19.5 Å². The number of rotatable bonds is 1. The number of aromatic hydroxyl groups is 1. The number of phenols is 1. The Labute approximate surface area is 125 Å². The van der Waals surface area contributed by atoms with Crippen molar-refractivity contribution in [2.24, 2.45) is 0 Å². The summed E-state index contributed by atoms with van der Waals surface area (Å²) in [5.41, 5.74) is 5.79. The molecule has 0 aliphatic heterocycles. The summed E-state index contributed by atoms with van der Waals surface area (Å²) < 4.78 is 1.31. The van der Waals surface area contributed by atoms with Crippen LogP contribution in [-0.4, -0.2) is 26.2 Å². The highest BCUT2D eigenvalue weighted by Crippen LogP contribution is 2.27. The number of ketones is 2. The van der Waals surface area contributed by atoms with E-state index in [0.29, 0.717) is 12.2 Å². The van der Waals surface area contributed by atoms with Crippen molar-refractivity contribution in [3.8, 4) is 5.75 Å². The van der Waals surface area contributed by atoms with Gasteiger partial charge in [-0.25, -0.2) is 4.98 Å². The number of anilines is 1. The molecule has 7 heteroatoms. The Morgan fingerprint density at radius 2 is 2.05 bits per heavy atom. The molecule has 1 fully saturated rings.